The maximum Gasteiger partial charge on any atom is 0.232 e. The maximum atomic E-state index is 12.7. The molecule has 7 nitrogen and oxygen atoms in total. The van der Waals surface area contributed by atoms with Gasteiger partial charge >= 0.3 is 0 Å². The molecule has 1 N–H and O–H groups in total. The quantitative estimate of drug-likeness (QED) is 0.851. The van der Waals surface area contributed by atoms with Crippen LogP contribution < -0.4 is 9.62 Å². The van der Waals surface area contributed by atoms with Crippen LogP contribution in [0.5, 0.6) is 0 Å². The van der Waals surface area contributed by atoms with Crippen LogP contribution in [-0.4, -0.2) is 50.0 Å². The van der Waals surface area contributed by atoms with Gasteiger partial charge in [0.2, 0.25) is 21.8 Å². The summed E-state index contributed by atoms with van der Waals surface area (Å²) in [5, 5.41) is 2.86. The summed E-state index contributed by atoms with van der Waals surface area (Å²) in [6, 6.07) is 5.37. The highest BCUT2D eigenvalue weighted by Gasteiger charge is 2.39. The molecular formula is C19H27N3O4S. The minimum atomic E-state index is -3.36. The van der Waals surface area contributed by atoms with E-state index in [4.69, 9.17) is 0 Å². The van der Waals surface area contributed by atoms with Gasteiger partial charge in [-0.1, -0.05) is 6.07 Å². The number of hydrogen-bond acceptors (Lipinski definition) is 4. The van der Waals surface area contributed by atoms with E-state index in [9.17, 15) is 18.0 Å². The Morgan fingerprint density at radius 3 is 2.56 bits per heavy atom. The first-order valence-corrected chi connectivity index (χ1v) is 11.0. The minimum absolute atomic E-state index is 0.0173. The van der Waals surface area contributed by atoms with E-state index in [1.54, 1.807) is 17.0 Å². The fourth-order valence-electron chi connectivity index (χ4n) is 3.74. The van der Waals surface area contributed by atoms with Gasteiger partial charge in [-0.3, -0.25) is 13.9 Å². The standard InChI is InChI=1S/C19H27N3O4S/c1-19(2,3)21-12-14(10-17(21)23)18(24)20-15-8-7-13-6-5-9-22(16(13)11-15)27(4,25)26/h7-8,11,14H,5-6,9-10,12H2,1-4H3,(H,20,24)/t14-/m1/s1. The molecule has 2 aliphatic heterocycles. The zero-order valence-corrected chi connectivity index (χ0v) is 17.1. The molecule has 148 valence electrons. The second-order valence-corrected chi connectivity index (χ2v) is 10.3. The number of anilines is 2. The molecule has 0 aromatic heterocycles. The Morgan fingerprint density at radius 1 is 1.26 bits per heavy atom. The Morgan fingerprint density at radius 2 is 1.96 bits per heavy atom. The Labute approximate surface area is 160 Å². The van der Waals surface area contributed by atoms with E-state index < -0.39 is 15.9 Å². The maximum absolute atomic E-state index is 12.7. The van der Waals surface area contributed by atoms with Crippen LogP contribution in [0.25, 0.3) is 0 Å². The Balaban J connectivity index is 1.77. The van der Waals surface area contributed by atoms with Gasteiger partial charge in [-0.05, 0) is 51.3 Å². The molecule has 0 spiro atoms. The summed E-state index contributed by atoms with van der Waals surface area (Å²) in [6.07, 6.45) is 2.98. The number of nitrogens with zero attached hydrogens (tertiary/aromatic N) is 2. The van der Waals surface area contributed by atoms with Crippen molar-refractivity contribution in [3.05, 3.63) is 23.8 Å². The monoisotopic (exact) mass is 393 g/mol. The lowest BCUT2D eigenvalue weighted by Crippen LogP contribution is -2.42. The number of carbonyl (C=O) groups is 2. The second-order valence-electron chi connectivity index (χ2n) is 8.35. The molecule has 2 aliphatic rings. The molecule has 8 heteroatoms. The van der Waals surface area contributed by atoms with Crippen molar-refractivity contribution in [2.24, 2.45) is 5.92 Å². The number of hydrogen-bond donors (Lipinski definition) is 1. The number of fused-ring (bicyclic) bond motifs is 1. The van der Waals surface area contributed by atoms with Crippen molar-refractivity contribution < 1.29 is 18.0 Å². The molecular weight excluding hydrogens is 366 g/mol. The van der Waals surface area contributed by atoms with Gasteiger partial charge in [0.15, 0.2) is 0 Å². The van der Waals surface area contributed by atoms with Gasteiger partial charge in [0.1, 0.15) is 0 Å². The van der Waals surface area contributed by atoms with Crippen LogP contribution in [0.4, 0.5) is 11.4 Å². The predicted molar refractivity (Wildman–Crippen MR) is 105 cm³/mol. The minimum Gasteiger partial charge on any atom is -0.337 e. The van der Waals surface area contributed by atoms with E-state index in [0.29, 0.717) is 24.5 Å². The fraction of sp³-hybridized carbons (Fsp3) is 0.579. The van der Waals surface area contributed by atoms with Crippen molar-refractivity contribution >= 4 is 33.2 Å². The van der Waals surface area contributed by atoms with E-state index in [1.807, 2.05) is 26.8 Å². The zero-order valence-electron chi connectivity index (χ0n) is 16.3. The van der Waals surface area contributed by atoms with E-state index in [-0.39, 0.29) is 23.8 Å². The summed E-state index contributed by atoms with van der Waals surface area (Å²) in [5.74, 6) is -0.633. The van der Waals surface area contributed by atoms with Crippen LogP contribution in [0.15, 0.2) is 18.2 Å². The molecule has 0 aliphatic carbocycles. The molecule has 0 saturated carbocycles. The highest BCUT2D eigenvalue weighted by atomic mass is 32.2. The van der Waals surface area contributed by atoms with Crippen LogP contribution in [0, 0.1) is 5.92 Å². The highest BCUT2D eigenvalue weighted by molar-refractivity contribution is 7.92. The molecule has 1 aromatic carbocycles. The first kappa shape index (κ1) is 19.7. The van der Waals surface area contributed by atoms with Gasteiger partial charge < -0.3 is 10.2 Å². The summed E-state index contributed by atoms with van der Waals surface area (Å²) < 4.78 is 25.5. The fourth-order valence-corrected chi connectivity index (χ4v) is 4.73. The average molecular weight is 394 g/mol. The van der Waals surface area contributed by atoms with Gasteiger partial charge in [-0.25, -0.2) is 8.42 Å². The van der Waals surface area contributed by atoms with Gasteiger partial charge in [0.05, 0.1) is 17.9 Å². The number of rotatable bonds is 3. The normalized spacial score (nSPS) is 20.6. The van der Waals surface area contributed by atoms with Crippen LogP contribution in [0.1, 0.15) is 39.2 Å². The van der Waals surface area contributed by atoms with Gasteiger partial charge in [0.25, 0.3) is 0 Å². The van der Waals surface area contributed by atoms with Crippen LogP contribution in [-0.2, 0) is 26.0 Å². The van der Waals surface area contributed by atoms with E-state index in [2.05, 4.69) is 5.32 Å². The number of nitrogens with one attached hydrogen (secondary N) is 1. The summed E-state index contributed by atoms with van der Waals surface area (Å²) in [4.78, 5) is 26.6. The molecule has 27 heavy (non-hydrogen) atoms. The first-order valence-electron chi connectivity index (χ1n) is 9.19. The largest absolute Gasteiger partial charge is 0.337 e. The van der Waals surface area contributed by atoms with Gasteiger partial charge in [-0.15, -0.1) is 0 Å². The highest BCUT2D eigenvalue weighted by Crippen LogP contribution is 2.32. The third kappa shape index (κ3) is 4.10. The Bertz CT molecular complexity index is 873. The van der Waals surface area contributed by atoms with Crippen molar-refractivity contribution in [2.45, 2.75) is 45.6 Å². The molecule has 0 bridgehead atoms. The number of sulfonamides is 1. The number of amides is 2. The number of likely N-dealkylation sites (tertiary alicyclic amines) is 1. The Hall–Kier alpha value is -2.09. The van der Waals surface area contributed by atoms with Crippen molar-refractivity contribution in [3.8, 4) is 0 Å². The molecule has 1 atom stereocenters. The van der Waals surface area contributed by atoms with Crippen molar-refractivity contribution in [1.29, 1.82) is 0 Å². The molecule has 0 radical (unpaired) electrons. The molecule has 1 saturated heterocycles. The molecule has 2 heterocycles. The SMILES string of the molecule is CC(C)(C)N1C[C@H](C(=O)Nc2ccc3c(c2)N(S(C)(=O)=O)CCC3)CC1=O. The third-order valence-corrected chi connectivity index (χ3v) is 6.31. The van der Waals surface area contributed by atoms with Crippen molar-refractivity contribution in [1.82, 2.24) is 4.90 Å². The molecule has 1 aromatic rings. The topological polar surface area (TPSA) is 86.8 Å². The zero-order chi connectivity index (χ0) is 20.0. The summed E-state index contributed by atoms with van der Waals surface area (Å²) in [5.41, 5.74) is 1.82. The van der Waals surface area contributed by atoms with E-state index >= 15 is 0 Å². The molecule has 0 unspecified atom stereocenters. The van der Waals surface area contributed by atoms with Crippen LogP contribution in [0.3, 0.4) is 0 Å². The van der Waals surface area contributed by atoms with Gasteiger partial charge in [-0.2, -0.15) is 0 Å². The van der Waals surface area contributed by atoms with Crippen molar-refractivity contribution in [2.75, 3.05) is 29.0 Å². The second kappa shape index (κ2) is 6.82. The molecule has 3 rings (SSSR count). The van der Waals surface area contributed by atoms with Crippen LogP contribution >= 0.6 is 0 Å². The lowest BCUT2D eigenvalue weighted by atomic mass is 10.0. The number of benzene rings is 1. The smallest absolute Gasteiger partial charge is 0.232 e. The van der Waals surface area contributed by atoms with Gasteiger partial charge in [0, 0.05) is 30.7 Å². The first-order chi connectivity index (χ1) is 12.5. The number of aryl methyl sites for hydroxylation is 1. The Kier molecular flexibility index (Phi) is 4.96. The molecule has 1 fully saturated rings. The summed E-state index contributed by atoms with van der Waals surface area (Å²) in [6.45, 7) is 6.70. The average Bonchev–Trinajstić information content (AvgIpc) is 2.95. The lowest BCUT2D eigenvalue weighted by Gasteiger charge is -2.32. The van der Waals surface area contributed by atoms with E-state index in [0.717, 1.165) is 18.4 Å². The molecule has 2 amide bonds. The van der Waals surface area contributed by atoms with E-state index in [1.165, 1.54) is 10.6 Å². The lowest BCUT2D eigenvalue weighted by molar-refractivity contribution is -0.131. The van der Waals surface area contributed by atoms with Crippen molar-refractivity contribution in [3.63, 3.8) is 0 Å². The van der Waals surface area contributed by atoms with Crippen LogP contribution in [0.2, 0.25) is 0 Å². The third-order valence-electron chi connectivity index (χ3n) is 5.13. The summed E-state index contributed by atoms with van der Waals surface area (Å²) >= 11 is 0. The predicted octanol–water partition coefficient (Wildman–Crippen LogP) is 1.98. The number of carbonyl (C=O) groups excluding carboxylic acids is 2. The summed E-state index contributed by atoms with van der Waals surface area (Å²) in [7, 11) is -3.36.